The molecule has 3 rings (SSSR count). The highest BCUT2D eigenvalue weighted by Crippen LogP contribution is 2.64. The number of hydrogen-bond acceptors (Lipinski definition) is 6. The van der Waals surface area contributed by atoms with E-state index < -0.39 is 27.5 Å². The summed E-state index contributed by atoms with van der Waals surface area (Å²) in [5.74, 6) is 0.274. The highest BCUT2D eigenvalue weighted by atomic mass is 32.3. The molecule has 1 aliphatic heterocycles. The predicted molar refractivity (Wildman–Crippen MR) is 140 cm³/mol. The van der Waals surface area contributed by atoms with E-state index in [0.717, 1.165) is 5.56 Å². The lowest BCUT2D eigenvalue weighted by Gasteiger charge is -2.46. The number of carbonyl (C=O) groups excluding carboxylic acids is 2. The first-order valence-corrected chi connectivity index (χ1v) is 13.1. The van der Waals surface area contributed by atoms with Crippen molar-refractivity contribution in [2.75, 3.05) is 27.2 Å². The largest absolute Gasteiger partial charge is 0.494 e. The van der Waals surface area contributed by atoms with Gasteiger partial charge in [-0.3, -0.25) is 23.7 Å². The molecule has 35 heavy (non-hydrogen) atoms. The van der Waals surface area contributed by atoms with Crippen LogP contribution in [0.3, 0.4) is 0 Å². The summed E-state index contributed by atoms with van der Waals surface area (Å²) in [5.41, 5.74) is 0.958. The van der Waals surface area contributed by atoms with Gasteiger partial charge in [0.05, 0.1) is 18.6 Å². The summed E-state index contributed by atoms with van der Waals surface area (Å²) in [6.45, 7) is 6.03. The average molecular weight is 502 g/mol. The fourth-order valence-electron chi connectivity index (χ4n) is 3.91. The van der Waals surface area contributed by atoms with Gasteiger partial charge in [0, 0.05) is 27.1 Å². The summed E-state index contributed by atoms with van der Waals surface area (Å²) >= 11 is 0. The number of hydrogen-bond donors (Lipinski definition) is 2. The average Bonchev–Trinajstić information content (AvgIpc) is 2.99. The first-order chi connectivity index (χ1) is 16.4. The topological polar surface area (TPSA) is 103 Å². The van der Waals surface area contributed by atoms with Crippen LogP contribution in [0.4, 0.5) is 0 Å². The molecule has 0 aliphatic carbocycles. The van der Waals surface area contributed by atoms with Crippen molar-refractivity contribution in [3.8, 4) is 5.75 Å². The van der Waals surface area contributed by atoms with Gasteiger partial charge in [-0.2, -0.15) is 0 Å². The Labute approximate surface area is 209 Å². The summed E-state index contributed by atoms with van der Waals surface area (Å²) in [6, 6.07) is 16.4. The second kappa shape index (κ2) is 10.8. The van der Waals surface area contributed by atoms with E-state index in [2.05, 4.69) is 4.99 Å². The second-order valence-electron chi connectivity index (χ2n) is 9.70. The molecule has 1 atom stereocenters. The van der Waals surface area contributed by atoms with Gasteiger partial charge in [0.15, 0.2) is 0 Å². The second-order valence-corrected chi connectivity index (χ2v) is 11.7. The van der Waals surface area contributed by atoms with Gasteiger partial charge in [-0.15, -0.1) is 10.8 Å². The molecule has 1 saturated heterocycles. The standard InChI is InChI=1S/C26H35N3O5S/c1-26(2,3)29-25(31)23(24(35(29,32)33)20-10-7-6-8-11-20)27-16-9-17-34-21-14-12-19(13-15-21)18-22(30)28(4)5/h6-8,10-15,24,32-33H,9,16-18H2,1-5H3. The molecule has 0 bridgehead atoms. The van der Waals surface area contributed by atoms with Crippen molar-refractivity contribution in [2.24, 2.45) is 4.99 Å². The molecule has 1 fully saturated rings. The molecule has 0 spiro atoms. The Bertz CT molecular complexity index is 1060. The summed E-state index contributed by atoms with van der Waals surface area (Å²) in [5, 5.41) is -0.895. The minimum Gasteiger partial charge on any atom is -0.494 e. The number of rotatable bonds is 8. The van der Waals surface area contributed by atoms with Crippen molar-refractivity contribution in [3.05, 3.63) is 65.7 Å². The van der Waals surface area contributed by atoms with Crippen molar-refractivity contribution < 1.29 is 23.4 Å². The lowest BCUT2D eigenvalue weighted by molar-refractivity contribution is -0.128. The third-order valence-corrected chi connectivity index (χ3v) is 7.96. The van der Waals surface area contributed by atoms with Crippen LogP contribution < -0.4 is 4.74 Å². The number of amides is 2. The molecule has 1 unspecified atom stereocenters. The summed E-state index contributed by atoms with van der Waals surface area (Å²) in [4.78, 5) is 31.1. The molecule has 2 amide bonds. The molecule has 2 aromatic rings. The van der Waals surface area contributed by atoms with E-state index in [4.69, 9.17) is 4.74 Å². The van der Waals surface area contributed by atoms with Crippen LogP contribution in [-0.2, 0) is 16.0 Å². The maximum absolute atomic E-state index is 13.2. The third kappa shape index (κ3) is 6.22. The zero-order valence-electron chi connectivity index (χ0n) is 21.0. The minimum atomic E-state index is -3.45. The van der Waals surface area contributed by atoms with E-state index in [1.54, 1.807) is 51.9 Å². The number of ether oxygens (including phenoxy) is 1. The lowest BCUT2D eigenvalue weighted by Crippen LogP contribution is -2.43. The number of carbonyl (C=O) groups is 2. The zero-order chi connectivity index (χ0) is 25.8. The van der Waals surface area contributed by atoms with E-state index >= 15 is 0 Å². The van der Waals surface area contributed by atoms with Crippen LogP contribution in [0.15, 0.2) is 59.6 Å². The number of nitrogens with zero attached hydrogens (tertiary/aromatic N) is 3. The molecule has 0 radical (unpaired) electrons. The Kier molecular flexibility index (Phi) is 8.25. The van der Waals surface area contributed by atoms with E-state index in [1.807, 2.05) is 42.5 Å². The molecule has 2 N–H and O–H groups in total. The van der Waals surface area contributed by atoms with Crippen LogP contribution in [-0.4, -0.2) is 68.6 Å². The summed E-state index contributed by atoms with van der Waals surface area (Å²) in [7, 11) is 0.0129. The molecule has 1 heterocycles. The maximum atomic E-state index is 13.2. The molecule has 9 heteroatoms. The monoisotopic (exact) mass is 501 g/mol. The van der Waals surface area contributed by atoms with Crippen molar-refractivity contribution >= 4 is 28.3 Å². The molecule has 1 aliphatic rings. The smallest absolute Gasteiger partial charge is 0.288 e. The van der Waals surface area contributed by atoms with Crippen molar-refractivity contribution in [1.82, 2.24) is 9.21 Å². The zero-order valence-corrected chi connectivity index (χ0v) is 21.8. The summed E-state index contributed by atoms with van der Waals surface area (Å²) < 4.78 is 29.2. The molecule has 8 nitrogen and oxygen atoms in total. The number of likely N-dealkylation sites (N-methyl/N-ethyl adjacent to an activating group) is 1. The Morgan fingerprint density at radius 2 is 1.71 bits per heavy atom. The Morgan fingerprint density at radius 3 is 2.29 bits per heavy atom. The fraction of sp³-hybridized carbons (Fsp3) is 0.423. The van der Waals surface area contributed by atoms with Crippen LogP contribution in [0.1, 0.15) is 43.6 Å². The van der Waals surface area contributed by atoms with Gasteiger partial charge in [0.1, 0.15) is 16.7 Å². The quantitative estimate of drug-likeness (QED) is 0.516. The third-order valence-electron chi connectivity index (χ3n) is 5.58. The Balaban J connectivity index is 1.66. The van der Waals surface area contributed by atoms with Crippen LogP contribution >= 0.6 is 10.8 Å². The van der Waals surface area contributed by atoms with Gasteiger partial charge in [-0.05, 0) is 44.0 Å². The normalized spacial score (nSPS) is 19.6. The highest BCUT2D eigenvalue weighted by Gasteiger charge is 2.54. The molecule has 190 valence electrons. The van der Waals surface area contributed by atoms with Gasteiger partial charge < -0.3 is 9.64 Å². The van der Waals surface area contributed by atoms with Crippen molar-refractivity contribution in [1.29, 1.82) is 0 Å². The molecular formula is C26H35N3O5S. The SMILES string of the molecule is CN(C)C(=O)Cc1ccc(OCCCN=C2C(=O)N(C(C)(C)C)S(O)(O)C2c2ccccc2)cc1. The Hall–Kier alpha value is -2.88. The minimum absolute atomic E-state index is 0.0367. The number of aliphatic imine (C=N–C) groups is 1. The van der Waals surface area contributed by atoms with Crippen LogP contribution in [0, 0.1) is 0 Å². The predicted octanol–water partition coefficient (Wildman–Crippen LogP) is 4.57. The first-order valence-electron chi connectivity index (χ1n) is 11.6. The highest BCUT2D eigenvalue weighted by molar-refractivity contribution is 8.24. The first kappa shape index (κ1) is 26.7. The number of benzene rings is 2. The molecule has 2 aromatic carbocycles. The lowest BCUT2D eigenvalue weighted by atomic mass is 10.1. The molecule has 0 saturated carbocycles. The van der Waals surface area contributed by atoms with Gasteiger partial charge in [-0.25, -0.2) is 4.31 Å². The van der Waals surface area contributed by atoms with Crippen LogP contribution in [0.2, 0.25) is 0 Å². The maximum Gasteiger partial charge on any atom is 0.288 e. The Morgan fingerprint density at radius 1 is 1.09 bits per heavy atom. The van der Waals surface area contributed by atoms with Gasteiger partial charge in [0.25, 0.3) is 5.91 Å². The van der Waals surface area contributed by atoms with Gasteiger partial charge in [-0.1, -0.05) is 42.5 Å². The van der Waals surface area contributed by atoms with Crippen molar-refractivity contribution in [3.63, 3.8) is 0 Å². The van der Waals surface area contributed by atoms with Crippen LogP contribution in [0.5, 0.6) is 5.75 Å². The van der Waals surface area contributed by atoms with E-state index in [0.29, 0.717) is 37.3 Å². The summed E-state index contributed by atoms with van der Waals surface area (Å²) in [6.07, 6.45) is 0.889. The van der Waals surface area contributed by atoms with Gasteiger partial charge >= 0.3 is 0 Å². The van der Waals surface area contributed by atoms with E-state index in [1.165, 1.54) is 4.31 Å². The van der Waals surface area contributed by atoms with E-state index in [-0.39, 0.29) is 11.6 Å². The van der Waals surface area contributed by atoms with Crippen LogP contribution in [0.25, 0.3) is 0 Å². The fourth-order valence-corrected chi connectivity index (χ4v) is 6.26. The van der Waals surface area contributed by atoms with E-state index in [9.17, 15) is 18.7 Å². The molecule has 0 aromatic heterocycles. The molecular weight excluding hydrogens is 466 g/mol. The van der Waals surface area contributed by atoms with Gasteiger partial charge in [0.2, 0.25) is 5.91 Å². The van der Waals surface area contributed by atoms with Crippen molar-refractivity contribution in [2.45, 2.75) is 44.4 Å².